The molecule has 2 nitrogen and oxygen atoms in total. The lowest BCUT2D eigenvalue weighted by Crippen LogP contribution is -2.08. The predicted octanol–water partition coefficient (Wildman–Crippen LogP) is 4.67. The van der Waals surface area contributed by atoms with Crippen LogP contribution in [-0.2, 0) is 0 Å². The van der Waals surface area contributed by atoms with E-state index in [1.54, 1.807) is 6.20 Å². The number of benzene rings is 1. The van der Waals surface area contributed by atoms with Crippen molar-refractivity contribution < 1.29 is 0 Å². The summed E-state index contributed by atoms with van der Waals surface area (Å²) in [6, 6.07) is 12.0. The fraction of sp³-hybridized carbons (Fsp3) is 0.154. The van der Waals surface area contributed by atoms with Crippen LogP contribution in [0.15, 0.2) is 47.1 Å². The molecule has 0 amide bonds. The van der Waals surface area contributed by atoms with Gasteiger partial charge in [0.1, 0.15) is 5.82 Å². The third kappa shape index (κ3) is 3.20. The van der Waals surface area contributed by atoms with Gasteiger partial charge in [-0.2, -0.15) is 0 Å². The van der Waals surface area contributed by atoms with Gasteiger partial charge in [-0.15, -0.1) is 0 Å². The van der Waals surface area contributed by atoms with Crippen molar-refractivity contribution in [3.8, 4) is 0 Å². The zero-order chi connectivity index (χ0) is 12.3. The molecule has 2 aromatic rings. The highest BCUT2D eigenvalue weighted by Crippen LogP contribution is 2.24. The second kappa shape index (κ2) is 5.52. The minimum atomic E-state index is 0.153. The van der Waals surface area contributed by atoms with Crippen molar-refractivity contribution in [3.05, 3.63) is 57.7 Å². The maximum Gasteiger partial charge on any atom is 0.145 e. The molecule has 0 fully saturated rings. The second-order valence-corrected chi connectivity index (χ2v) is 5.08. The van der Waals surface area contributed by atoms with Gasteiger partial charge in [-0.25, -0.2) is 4.98 Å². The van der Waals surface area contributed by atoms with Gasteiger partial charge in [-0.05, 0) is 36.8 Å². The summed E-state index contributed by atoms with van der Waals surface area (Å²) in [4.78, 5) is 4.21. The Morgan fingerprint density at radius 3 is 2.82 bits per heavy atom. The first-order chi connectivity index (χ1) is 8.16. The molecular formula is C13H12BrClN2. The van der Waals surface area contributed by atoms with Crippen molar-refractivity contribution in [2.75, 3.05) is 5.32 Å². The van der Waals surface area contributed by atoms with Crippen LogP contribution in [0.1, 0.15) is 18.5 Å². The van der Waals surface area contributed by atoms with Crippen LogP contribution >= 0.6 is 27.5 Å². The van der Waals surface area contributed by atoms with E-state index in [2.05, 4.69) is 45.3 Å². The maximum atomic E-state index is 6.05. The van der Waals surface area contributed by atoms with Crippen LogP contribution in [0, 0.1) is 0 Å². The molecule has 88 valence electrons. The number of hydrogen-bond donors (Lipinski definition) is 1. The Bertz CT molecular complexity index is 516. The highest BCUT2D eigenvalue weighted by molar-refractivity contribution is 9.10. The minimum absolute atomic E-state index is 0.153. The topological polar surface area (TPSA) is 24.9 Å². The van der Waals surface area contributed by atoms with E-state index in [0.717, 1.165) is 4.47 Å². The third-order valence-corrected chi connectivity index (χ3v) is 3.26. The molecule has 2 rings (SSSR count). The van der Waals surface area contributed by atoms with Gasteiger partial charge in [0.2, 0.25) is 0 Å². The molecule has 1 N–H and O–H groups in total. The van der Waals surface area contributed by atoms with E-state index in [1.807, 2.05) is 24.3 Å². The zero-order valence-corrected chi connectivity index (χ0v) is 11.7. The standard InChI is InChI=1S/C13H12BrClN2/c1-9(10-4-2-5-11(14)8-10)17-13-12(15)6-3-7-16-13/h2-9H,1H3,(H,16,17). The van der Waals surface area contributed by atoms with Crippen molar-refractivity contribution >= 4 is 33.3 Å². The summed E-state index contributed by atoms with van der Waals surface area (Å²) in [5, 5.41) is 3.92. The van der Waals surface area contributed by atoms with Gasteiger partial charge >= 0.3 is 0 Å². The smallest absolute Gasteiger partial charge is 0.145 e. The fourth-order valence-electron chi connectivity index (χ4n) is 1.56. The molecule has 4 heteroatoms. The lowest BCUT2D eigenvalue weighted by molar-refractivity contribution is 0.874. The van der Waals surface area contributed by atoms with E-state index in [4.69, 9.17) is 11.6 Å². The second-order valence-electron chi connectivity index (χ2n) is 3.75. The molecule has 0 aliphatic rings. The van der Waals surface area contributed by atoms with Gasteiger partial charge < -0.3 is 5.32 Å². The van der Waals surface area contributed by atoms with E-state index in [1.165, 1.54) is 5.56 Å². The Balaban J connectivity index is 2.17. The summed E-state index contributed by atoms with van der Waals surface area (Å²) in [6.45, 7) is 2.08. The third-order valence-electron chi connectivity index (χ3n) is 2.46. The van der Waals surface area contributed by atoms with Gasteiger partial charge in [0.25, 0.3) is 0 Å². The minimum Gasteiger partial charge on any atom is -0.362 e. The molecule has 1 aromatic carbocycles. The first-order valence-electron chi connectivity index (χ1n) is 5.29. The molecule has 1 heterocycles. The number of anilines is 1. The number of pyridine rings is 1. The molecule has 17 heavy (non-hydrogen) atoms. The first kappa shape index (κ1) is 12.4. The fourth-order valence-corrected chi connectivity index (χ4v) is 2.15. The molecule has 0 spiro atoms. The van der Waals surface area contributed by atoms with Gasteiger partial charge in [0, 0.05) is 10.7 Å². The summed E-state index contributed by atoms with van der Waals surface area (Å²) in [6.07, 6.45) is 1.72. The van der Waals surface area contributed by atoms with Crippen molar-refractivity contribution in [3.63, 3.8) is 0 Å². The van der Waals surface area contributed by atoms with Crippen LogP contribution in [0.4, 0.5) is 5.82 Å². The normalized spacial score (nSPS) is 12.2. The van der Waals surface area contributed by atoms with Crippen molar-refractivity contribution in [1.82, 2.24) is 4.98 Å². The molecular weight excluding hydrogens is 300 g/mol. The van der Waals surface area contributed by atoms with E-state index in [0.29, 0.717) is 10.8 Å². The first-order valence-corrected chi connectivity index (χ1v) is 6.46. The van der Waals surface area contributed by atoms with E-state index >= 15 is 0 Å². The zero-order valence-electron chi connectivity index (χ0n) is 9.32. The number of nitrogens with zero attached hydrogens (tertiary/aromatic N) is 1. The Morgan fingerprint density at radius 1 is 1.29 bits per heavy atom. The van der Waals surface area contributed by atoms with Gasteiger partial charge in [0.05, 0.1) is 11.1 Å². The molecule has 0 aliphatic heterocycles. The average molecular weight is 312 g/mol. The lowest BCUT2D eigenvalue weighted by Gasteiger charge is -2.15. The van der Waals surface area contributed by atoms with Gasteiger partial charge in [0.15, 0.2) is 0 Å². The summed E-state index contributed by atoms with van der Waals surface area (Å²) in [5.41, 5.74) is 1.18. The number of hydrogen-bond acceptors (Lipinski definition) is 2. The van der Waals surface area contributed by atoms with Crippen molar-refractivity contribution in [1.29, 1.82) is 0 Å². The molecule has 1 atom stereocenters. The number of halogens is 2. The maximum absolute atomic E-state index is 6.05. The highest BCUT2D eigenvalue weighted by atomic mass is 79.9. The lowest BCUT2D eigenvalue weighted by atomic mass is 10.1. The van der Waals surface area contributed by atoms with Crippen LogP contribution in [0.3, 0.4) is 0 Å². The summed E-state index contributed by atoms with van der Waals surface area (Å²) >= 11 is 9.51. The molecule has 0 saturated heterocycles. The Morgan fingerprint density at radius 2 is 2.12 bits per heavy atom. The SMILES string of the molecule is CC(Nc1ncccc1Cl)c1cccc(Br)c1. The Hall–Kier alpha value is -1.06. The quantitative estimate of drug-likeness (QED) is 0.891. The van der Waals surface area contributed by atoms with Crippen LogP contribution in [0.25, 0.3) is 0 Å². The monoisotopic (exact) mass is 310 g/mol. The van der Waals surface area contributed by atoms with Gasteiger partial charge in [-0.3, -0.25) is 0 Å². The molecule has 0 radical (unpaired) electrons. The van der Waals surface area contributed by atoms with Crippen LogP contribution in [0.2, 0.25) is 5.02 Å². The largest absolute Gasteiger partial charge is 0.362 e. The number of rotatable bonds is 3. The van der Waals surface area contributed by atoms with Crippen molar-refractivity contribution in [2.45, 2.75) is 13.0 Å². The predicted molar refractivity (Wildman–Crippen MR) is 75.4 cm³/mol. The van der Waals surface area contributed by atoms with Gasteiger partial charge in [-0.1, -0.05) is 39.7 Å². The van der Waals surface area contributed by atoms with Crippen LogP contribution in [0.5, 0.6) is 0 Å². The summed E-state index contributed by atoms with van der Waals surface area (Å²) in [5.74, 6) is 0.710. The Kier molecular flexibility index (Phi) is 4.02. The van der Waals surface area contributed by atoms with Crippen LogP contribution < -0.4 is 5.32 Å². The van der Waals surface area contributed by atoms with E-state index in [9.17, 15) is 0 Å². The molecule has 1 unspecified atom stereocenters. The van der Waals surface area contributed by atoms with E-state index in [-0.39, 0.29) is 6.04 Å². The van der Waals surface area contributed by atoms with Crippen molar-refractivity contribution in [2.24, 2.45) is 0 Å². The number of aromatic nitrogens is 1. The molecule has 0 bridgehead atoms. The Labute approximate surface area is 114 Å². The molecule has 0 saturated carbocycles. The van der Waals surface area contributed by atoms with Crippen LogP contribution in [-0.4, -0.2) is 4.98 Å². The summed E-state index contributed by atoms with van der Waals surface area (Å²) < 4.78 is 1.07. The van der Waals surface area contributed by atoms with E-state index < -0.39 is 0 Å². The highest BCUT2D eigenvalue weighted by Gasteiger charge is 2.08. The average Bonchev–Trinajstić information content (AvgIpc) is 2.32. The number of nitrogens with one attached hydrogen (secondary N) is 1. The summed E-state index contributed by atoms with van der Waals surface area (Å²) in [7, 11) is 0. The molecule has 0 aliphatic carbocycles. The molecule has 1 aromatic heterocycles.